The Kier molecular flexibility index (Phi) is 4.13. The van der Waals surface area contributed by atoms with Crippen LogP contribution in [0.5, 0.6) is 0 Å². The smallest absolute Gasteiger partial charge is 0.390 e. The zero-order chi connectivity index (χ0) is 7.33. The van der Waals surface area contributed by atoms with Gasteiger partial charge in [-0.2, -0.15) is 0 Å². The first kappa shape index (κ1) is 9.16. The summed E-state index contributed by atoms with van der Waals surface area (Å²) < 4.78 is 4.72. The second-order valence-corrected chi connectivity index (χ2v) is 4.29. The summed E-state index contributed by atoms with van der Waals surface area (Å²) in [5.74, 6) is 0. The van der Waals surface area contributed by atoms with Crippen molar-refractivity contribution < 1.29 is 14.0 Å². The Hall–Kier alpha value is 0.162. The average Bonchev–Trinajstić information content (AvgIpc) is 1.63. The van der Waals surface area contributed by atoms with Crippen molar-refractivity contribution in [3.63, 3.8) is 0 Å². The molecule has 0 spiro atoms. The van der Waals surface area contributed by atoms with E-state index >= 15 is 0 Å². The number of hydrogen-bond acceptors (Lipinski definition) is 3. The van der Waals surface area contributed by atoms with Crippen LogP contribution in [-0.4, -0.2) is 32.8 Å². The molecule has 0 aromatic rings. The highest BCUT2D eigenvalue weighted by atomic mass is 28.4. The highest BCUT2D eigenvalue weighted by Crippen LogP contribution is 1.95. The molecule has 0 fully saturated rings. The maximum atomic E-state index is 8.72. The molecular weight excluding hydrogens is 135 g/mol. The summed E-state index contributed by atoms with van der Waals surface area (Å²) in [5.41, 5.74) is 0. The van der Waals surface area contributed by atoms with Crippen LogP contribution in [0, 0.1) is 0 Å². The van der Waals surface area contributed by atoms with Gasteiger partial charge in [-0.05, 0) is 6.42 Å². The van der Waals surface area contributed by atoms with Crippen LogP contribution in [-0.2, 0) is 4.43 Å². The summed E-state index contributed by atoms with van der Waals surface area (Å²) in [6, 6.07) is 0. The Morgan fingerprint density at radius 3 is 2.44 bits per heavy atom. The molecule has 0 aliphatic carbocycles. The first-order valence-corrected chi connectivity index (χ1v) is 5.45. The third kappa shape index (κ3) is 8.16. The zero-order valence-electron chi connectivity index (χ0n) is 5.92. The van der Waals surface area contributed by atoms with Gasteiger partial charge in [0.2, 0.25) is 0 Å². The largest absolute Gasteiger partial charge is 0.492 e. The van der Waals surface area contributed by atoms with Gasteiger partial charge in [0.15, 0.2) is 0 Å². The van der Waals surface area contributed by atoms with Crippen molar-refractivity contribution in [2.24, 2.45) is 0 Å². The minimum Gasteiger partial charge on any atom is -0.390 e. The Labute approximate surface area is 57.4 Å². The van der Waals surface area contributed by atoms with Crippen LogP contribution >= 0.6 is 0 Å². The van der Waals surface area contributed by atoms with Crippen molar-refractivity contribution in [3.05, 3.63) is 0 Å². The van der Waals surface area contributed by atoms with Gasteiger partial charge in [-0.1, -0.05) is 6.32 Å². The lowest BCUT2D eigenvalue weighted by atomic mass is 10.0. The fourth-order valence-electron chi connectivity index (χ4n) is 0.410. The highest BCUT2D eigenvalue weighted by Gasteiger charge is 2.22. The number of hydrogen-bond donors (Lipinski definition) is 2. The minimum atomic E-state index is -3.19. The lowest BCUT2D eigenvalue weighted by molar-refractivity contribution is 0.156. The molecule has 9 heavy (non-hydrogen) atoms. The van der Waals surface area contributed by atoms with Gasteiger partial charge in [-0.3, -0.25) is 0 Å². The summed E-state index contributed by atoms with van der Waals surface area (Å²) in [4.78, 5) is 17.4. The van der Waals surface area contributed by atoms with Crippen LogP contribution in [0.15, 0.2) is 0 Å². The molecule has 0 heterocycles. The SMILES string of the molecule is BCCCO[Si](C)(O)O. The fourth-order valence-corrected chi connectivity index (χ4v) is 0.941. The van der Waals surface area contributed by atoms with Gasteiger partial charge in [-0.25, -0.2) is 0 Å². The zero-order valence-corrected chi connectivity index (χ0v) is 6.92. The molecular formula is C4H13BO3Si. The van der Waals surface area contributed by atoms with E-state index in [-0.39, 0.29) is 0 Å². The van der Waals surface area contributed by atoms with Gasteiger partial charge >= 0.3 is 8.80 Å². The molecule has 5 heteroatoms. The van der Waals surface area contributed by atoms with E-state index < -0.39 is 8.80 Å². The van der Waals surface area contributed by atoms with Crippen molar-refractivity contribution >= 4 is 16.7 Å². The predicted octanol–water partition coefficient (Wildman–Crippen LogP) is -1.00. The van der Waals surface area contributed by atoms with Crippen LogP contribution in [0.4, 0.5) is 0 Å². The van der Waals surface area contributed by atoms with E-state index in [0.717, 1.165) is 12.7 Å². The molecule has 0 bridgehead atoms. The molecule has 0 aromatic carbocycles. The van der Waals surface area contributed by atoms with Gasteiger partial charge in [0.25, 0.3) is 0 Å². The van der Waals surface area contributed by atoms with E-state index in [0.29, 0.717) is 6.61 Å². The molecule has 54 valence electrons. The lowest BCUT2D eigenvalue weighted by Crippen LogP contribution is -2.34. The first-order chi connectivity index (χ1) is 4.06. The number of rotatable bonds is 4. The molecule has 3 nitrogen and oxygen atoms in total. The molecule has 0 saturated heterocycles. The molecule has 0 aromatic heterocycles. The predicted molar refractivity (Wildman–Crippen MR) is 40.0 cm³/mol. The minimum absolute atomic E-state index is 0.465. The first-order valence-electron chi connectivity index (χ1n) is 3.15. The molecule has 0 rings (SSSR count). The molecule has 0 unspecified atom stereocenters. The van der Waals surface area contributed by atoms with Gasteiger partial charge < -0.3 is 14.0 Å². The summed E-state index contributed by atoms with van der Waals surface area (Å²) in [5, 5.41) is 0. The lowest BCUT2D eigenvalue weighted by Gasteiger charge is -2.11. The van der Waals surface area contributed by atoms with E-state index in [9.17, 15) is 0 Å². The quantitative estimate of drug-likeness (QED) is 0.397. The van der Waals surface area contributed by atoms with Crippen molar-refractivity contribution in [3.8, 4) is 0 Å². The Morgan fingerprint density at radius 2 is 2.11 bits per heavy atom. The van der Waals surface area contributed by atoms with Crippen molar-refractivity contribution in [1.29, 1.82) is 0 Å². The fraction of sp³-hybridized carbons (Fsp3) is 1.00. The maximum absolute atomic E-state index is 8.72. The molecule has 0 amide bonds. The molecule has 0 atom stereocenters. The van der Waals surface area contributed by atoms with E-state index in [1.807, 2.05) is 7.85 Å². The van der Waals surface area contributed by atoms with E-state index in [1.54, 1.807) is 0 Å². The van der Waals surface area contributed by atoms with Crippen LogP contribution in [0.2, 0.25) is 12.9 Å². The van der Waals surface area contributed by atoms with Gasteiger partial charge in [0, 0.05) is 13.2 Å². The van der Waals surface area contributed by atoms with E-state index in [2.05, 4.69) is 0 Å². The maximum Gasteiger partial charge on any atom is 0.492 e. The molecule has 2 N–H and O–H groups in total. The van der Waals surface area contributed by atoms with Gasteiger partial charge in [0.1, 0.15) is 7.85 Å². The van der Waals surface area contributed by atoms with Gasteiger partial charge in [-0.15, -0.1) is 0 Å². The van der Waals surface area contributed by atoms with Crippen LogP contribution in [0.25, 0.3) is 0 Å². The van der Waals surface area contributed by atoms with Crippen molar-refractivity contribution in [2.45, 2.75) is 19.3 Å². The summed E-state index contributed by atoms with van der Waals surface area (Å²) in [7, 11) is -1.17. The van der Waals surface area contributed by atoms with Crippen LogP contribution < -0.4 is 0 Å². The van der Waals surface area contributed by atoms with E-state index in [1.165, 1.54) is 6.55 Å². The van der Waals surface area contributed by atoms with Crippen LogP contribution in [0.1, 0.15) is 6.42 Å². The van der Waals surface area contributed by atoms with Gasteiger partial charge in [0.05, 0.1) is 0 Å². The molecule has 0 radical (unpaired) electrons. The normalized spacial score (nSPS) is 11.9. The monoisotopic (exact) mass is 148 g/mol. The third-order valence-electron chi connectivity index (χ3n) is 0.873. The molecule has 0 aliphatic heterocycles. The molecule has 0 saturated carbocycles. The summed E-state index contributed by atoms with van der Waals surface area (Å²) >= 11 is 0. The second kappa shape index (κ2) is 4.05. The summed E-state index contributed by atoms with van der Waals surface area (Å²) in [6.07, 6.45) is 1.91. The third-order valence-corrected chi connectivity index (χ3v) is 1.62. The van der Waals surface area contributed by atoms with Crippen LogP contribution in [0.3, 0.4) is 0 Å². The van der Waals surface area contributed by atoms with E-state index in [4.69, 9.17) is 14.0 Å². The van der Waals surface area contributed by atoms with Crippen molar-refractivity contribution in [2.75, 3.05) is 6.61 Å². The Bertz CT molecular complexity index is 72.7. The second-order valence-electron chi connectivity index (χ2n) is 2.14. The Balaban J connectivity index is 3.07. The standard InChI is InChI=1S/C4H13BO3Si/c1-9(6,7)8-4-2-3-5/h6-7H,2-5H2,1H3. The highest BCUT2D eigenvalue weighted by molar-refractivity contribution is 6.56. The molecule has 0 aliphatic rings. The summed E-state index contributed by atoms with van der Waals surface area (Å²) in [6.45, 7) is 1.80. The van der Waals surface area contributed by atoms with Crippen molar-refractivity contribution in [1.82, 2.24) is 0 Å². The topological polar surface area (TPSA) is 49.7 Å². The Morgan fingerprint density at radius 1 is 1.56 bits per heavy atom. The average molecular weight is 148 g/mol.